The van der Waals surface area contributed by atoms with Gasteiger partial charge in [0.25, 0.3) is 5.92 Å². The van der Waals surface area contributed by atoms with Crippen LogP contribution in [0, 0.1) is 12.3 Å². The smallest absolute Gasteiger partial charge is 0.257 e. The van der Waals surface area contributed by atoms with Crippen LogP contribution in [-0.2, 0) is 6.54 Å². The number of thiophene rings is 1. The lowest BCUT2D eigenvalue weighted by atomic mass is 9.75. The maximum Gasteiger partial charge on any atom is 0.257 e. The van der Waals surface area contributed by atoms with Crippen molar-refractivity contribution in [1.29, 1.82) is 0 Å². The lowest BCUT2D eigenvalue weighted by Gasteiger charge is -2.45. The summed E-state index contributed by atoms with van der Waals surface area (Å²) in [5.74, 6) is -2.08. The summed E-state index contributed by atoms with van der Waals surface area (Å²) >= 11 is 1.75. The minimum atomic E-state index is -2.64. The van der Waals surface area contributed by atoms with Crippen LogP contribution < -0.4 is 4.90 Å². The first kappa shape index (κ1) is 16.8. The standard InChI is InChI=1S/C18H22F2N4S/c1-14-3-4-15(25-14)11-23-9-6-18(19,20)17(12-23)5-10-24(13-17)16-21-7-2-8-22-16/h2-4,7-8H,5-6,9-13H2,1H3/t17-/m0/s1. The number of aryl methyl sites for hydroxylation is 1. The molecule has 4 rings (SSSR count). The van der Waals surface area contributed by atoms with Gasteiger partial charge in [-0.2, -0.15) is 0 Å². The van der Waals surface area contributed by atoms with E-state index in [-0.39, 0.29) is 6.42 Å². The highest BCUT2D eigenvalue weighted by Crippen LogP contribution is 2.50. The van der Waals surface area contributed by atoms with Gasteiger partial charge in [-0.15, -0.1) is 11.3 Å². The number of hydrogen-bond acceptors (Lipinski definition) is 5. The first-order valence-corrected chi connectivity index (χ1v) is 9.47. The average Bonchev–Trinajstić information content (AvgIpc) is 3.20. The van der Waals surface area contributed by atoms with Gasteiger partial charge in [0.05, 0.1) is 5.41 Å². The molecule has 2 saturated heterocycles. The van der Waals surface area contributed by atoms with Gasteiger partial charge in [0.15, 0.2) is 0 Å². The fourth-order valence-electron chi connectivity index (χ4n) is 4.04. The third-order valence-electron chi connectivity index (χ3n) is 5.41. The molecule has 4 nitrogen and oxygen atoms in total. The zero-order valence-corrected chi connectivity index (χ0v) is 15.1. The van der Waals surface area contributed by atoms with E-state index < -0.39 is 11.3 Å². The predicted octanol–water partition coefficient (Wildman–Crippen LogP) is 3.58. The maximum atomic E-state index is 14.9. The quantitative estimate of drug-likeness (QED) is 0.833. The molecule has 2 aliphatic heterocycles. The number of anilines is 1. The van der Waals surface area contributed by atoms with E-state index in [4.69, 9.17) is 0 Å². The number of nitrogens with zero attached hydrogens (tertiary/aromatic N) is 4. The van der Waals surface area contributed by atoms with Crippen LogP contribution in [0.3, 0.4) is 0 Å². The molecular weight excluding hydrogens is 342 g/mol. The topological polar surface area (TPSA) is 32.3 Å². The summed E-state index contributed by atoms with van der Waals surface area (Å²) in [5.41, 5.74) is -1.00. The fraction of sp³-hybridized carbons (Fsp3) is 0.556. The minimum absolute atomic E-state index is 0.0686. The van der Waals surface area contributed by atoms with E-state index in [1.807, 2.05) is 4.90 Å². The van der Waals surface area contributed by atoms with E-state index in [1.54, 1.807) is 29.8 Å². The average molecular weight is 364 g/mol. The molecule has 0 unspecified atom stereocenters. The molecule has 0 radical (unpaired) electrons. The highest BCUT2D eigenvalue weighted by atomic mass is 32.1. The van der Waals surface area contributed by atoms with E-state index in [2.05, 4.69) is 33.9 Å². The Morgan fingerprint density at radius 1 is 1.12 bits per heavy atom. The molecule has 25 heavy (non-hydrogen) atoms. The number of alkyl halides is 2. The van der Waals surface area contributed by atoms with Crippen LogP contribution in [0.1, 0.15) is 22.6 Å². The molecule has 7 heteroatoms. The third-order valence-corrected chi connectivity index (χ3v) is 6.39. The Hall–Kier alpha value is -1.60. The lowest BCUT2D eigenvalue weighted by Crippen LogP contribution is -2.56. The number of aromatic nitrogens is 2. The molecular formula is C18H22F2N4S. The second-order valence-electron chi connectivity index (χ2n) is 7.18. The second-order valence-corrected chi connectivity index (χ2v) is 8.55. The Kier molecular flexibility index (Phi) is 4.24. The third kappa shape index (κ3) is 3.15. The van der Waals surface area contributed by atoms with Crippen molar-refractivity contribution < 1.29 is 8.78 Å². The van der Waals surface area contributed by atoms with Crippen molar-refractivity contribution >= 4 is 17.3 Å². The molecule has 0 amide bonds. The molecule has 2 fully saturated rings. The monoisotopic (exact) mass is 364 g/mol. The molecule has 0 N–H and O–H groups in total. The van der Waals surface area contributed by atoms with Crippen molar-refractivity contribution in [2.45, 2.75) is 32.2 Å². The normalized spacial score (nSPS) is 26.4. The highest BCUT2D eigenvalue weighted by molar-refractivity contribution is 7.11. The summed E-state index contributed by atoms with van der Waals surface area (Å²) in [6.45, 7) is 4.64. The van der Waals surface area contributed by atoms with Crippen LogP contribution >= 0.6 is 11.3 Å². The van der Waals surface area contributed by atoms with Crippen molar-refractivity contribution in [2.24, 2.45) is 5.41 Å². The molecule has 0 bridgehead atoms. The summed E-state index contributed by atoms with van der Waals surface area (Å²) in [7, 11) is 0. The molecule has 0 aliphatic carbocycles. The van der Waals surface area contributed by atoms with Gasteiger partial charge < -0.3 is 4.90 Å². The number of piperidine rings is 1. The van der Waals surface area contributed by atoms with E-state index in [0.29, 0.717) is 38.5 Å². The second kappa shape index (κ2) is 6.29. The fourth-order valence-corrected chi connectivity index (χ4v) is 4.97. The molecule has 0 saturated carbocycles. The van der Waals surface area contributed by atoms with Gasteiger partial charge in [-0.3, -0.25) is 4.90 Å². The SMILES string of the molecule is Cc1ccc(CN2CCC(F)(F)[C@@]3(CCN(c4ncccn4)C3)C2)s1. The molecule has 134 valence electrons. The molecule has 4 heterocycles. The predicted molar refractivity (Wildman–Crippen MR) is 95.2 cm³/mol. The van der Waals surface area contributed by atoms with E-state index in [0.717, 1.165) is 6.54 Å². The maximum absolute atomic E-state index is 14.9. The summed E-state index contributed by atoms with van der Waals surface area (Å²) in [5, 5.41) is 0. The van der Waals surface area contributed by atoms with Crippen LogP contribution in [0.2, 0.25) is 0 Å². The van der Waals surface area contributed by atoms with Gasteiger partial charge >= 0.3 is 0 Å². The van der Waals surface area contributed by atoms with Crippen molar-refractivity contribution in [3.05, 3.63) is 40.3 Å². The number of rotatable bonds is 3. The summed E-state index contributed by atoms with van der Waals surface area (Å²) < 4.78 is 29.8. The van der Waals surface area contributed by atoms with Gasteiger partial charge in [-0.1, -0.05) is 0 Å². The van der Waals surface area contributed by atoms with E-state index in [9.17, 15) is 8.78 Å². The molecule has 1 spiro atoms. The van der Waals surface area contributed by atoms with Crippen LogP contribution in [0.25, 0.3) is 0 Å². The number of halogens is 2. The Labute approximate surface area is 150 Å². The highest BCUT2D eigenvalue weighted by Gasteiger charge is 2.59. The van der Waals surface area contributed by atoms with Crippen molar-refractivity contribution in [1.82, 2.24) is 14.9 Å². The molecule has 2 aromatic rings. The number of hydrogen-bond donors (Lipinski definition) is 0. The zero-order valence-electron chi connectivity index (χ0n) is 14.3. The van der Waals surface area contributed by atoms with E-state index in [1.165, 1.54) is 9.75 Å². The Morgan fingerprint density at radius 3 is 2.64 bits per heavy atom. The van der Waals surface area contributed by atoms with Crippen LogP contribution in [0.15, 0.2) is 30.6 Å². The van der Waals surface area contributed by atoms with Gasteiger partial charge in [0.2, 0.25) is 5.95 Å². The molecule has 2 aromatic heterocycles. The van der Waals surface area contributed by atoms with Gasteiger partial charge in [0, 0.05) is 61.3 Å². The van der Waals surface area contributed by atoms with Crippen molar-refractivity contribution in [3.8, 4) is 0 Å². The van der Waals surface area contributed by atoms with Crippen LogP contribution in [0.4, 0.5) is 14.7 Å². The first-order valence-electron chi connectivity index (χ1n) is 8.65. The van der Waals surface area contributed by atoms with Crippen molar-refractivity contribution in [2.75, 3.05) is 31.1 Å². The van der Waals surface area contributed by atoms with Crippen LogP contribution in [0.5, 0.6) is 0 Å². The Morgan fingerprint density at radius 2 is 1.92 bits per heavy atom. The van der Waals surface area contributed by atoms with Crippen LogP contribution in [-0.4, -0.2) is 47.0 Å². The van der Waals surface area contributed by atoms with Crippen molar-refractivity contribution in [3.63, 3.8) is 0 Å². The summed E-state index contributed by atoms with van der Waals surface area (Å²) in [6, 6.07) is 5.95. The largest absolute Gasteiger partial charge is 0.340 e. The first-order chi connectivity index (χ1) is 12.0. The van der Waals surface area contributed by atoms with Gasteiger partial charge in [0.1, 0.15) is 0 Å². The van der Waals surface area contributed by atoms with Gasteiger partial charge in [-0.05, 0) is 31.5 Å². The Bertz CT molecular complexity index is 736. The minimum Gasteiger partial charge on any atom is -0.340 e. The molecule has 2 aliphatic rings. The Balaban J connectivity index is 1.52. The van der Waals surface area contributed by atoms with Gasteiger partial charge in [-0.25, -0.2) is 18.7 Å². The zero-order chi connectivity index (χ0) is 17.5. The molecule has 0 aromatic carbocycles. The van der Waals surface area contributed by atoms with E-state index >= 15 is 0 Å². The lowest BCUT2D eigenvalue weighted by molar-refractivity contribution is -0.158. The number of likely N-dealkylation sites (tertiary alicyclic amines) is 1. The summed E-state index contributed by atoms with van der Waals surface area (Å²) in [4.78, 5) is 15.1. The molecule has 1 atom stereocenters. The summed E-state index contributed by atoms with van der Waals surface area (Å²) in [6.07, 6.45) is 3.74.